The van der Waals surface area contributed by atoms with Crippen molar-refractivity contribution in [2.75, 3.05) is 39.3 Å². The van der Waals surface area contributed by atoms with Gasteiger partial charge in [-0.05, 0) is 45.0 Å². The number of likely N-dealkylation sites (tertiary alicyclic amines) is 1. The Morgan fingerprint density at radius 1 is 1.42 bits per heavy atom. The molecule has 144 valence electrons. The number of fused-ring (bicyclic) bond motifs is 1. The maximum absolute atomic E-state index is 13.3. The van der Waals surface area contributed by atoms with Crippen molar-refractivity contribution in [3.05, 3.63) is 29.7 Å². The van der Waals surface area contributed by atoms with Crippen LogP contribution < -0.4 is 0 Å². The number of hydrogen-bond acceptors (Lipinski definition) is 6. The fourth-order valence-corrected chi connectivity index (χ4v) is 4.39. The summed E-state index contributed by atoms with van der Waals surface area (Å²) in [5, 5.41) is 14.6. The lowest BCUT2D eigenvalue weighted by atomic mass is 9.91. The predicted octanol–water partition coefficient (Wildman–Crippen LogP) is 3.50. The van der Waals surface area contributed by atoms with Gasteiger partial charge in [0, 0.05) is 42.3 Å². The van der Waals surface area contributed by atoms with Crippen LogP contribution >= 0.6 is 11.9 Å². The van der Waals surface area contributed by atoms with Gasteiger partial charge in [-0.25, -0.2) is 8.70 Å². The predicted molar refractivity (Wildman–Crippen MR) is 104 cm³/mol. The Morgan fingerprint density at radius 3 is 2.88 bits per heavy atom. The van der Waals surface area contributed by atoms with Crippen LogP contribution in [0, 0.1) is 5.82 Å². The second-order valence-corrected chi connectivity index (χ2v) is 8.48. The molecule has 1 aliphatic rings. The summed E-state index contributed by atoms with van der Waals surface area (Å²) < 4.78 is 20.9. The average molecular weight is 382 g/mol. The number of piperidine rings is 1. The van der Waals surface area contributed by atoms with E-state index >= 15 is 0 Å². The first kappa shape index (κ1) is 19.6. The van der Waals surface area contributed by atoms with Crippen molar-refractivity contribution in [2.24, 2.45) is 0 Å². The minimum absolute atomic E-state index is 0.210. The van der Waals surface area contributed by atoms with Gasteiger partial charge in [0.05, 0.1) is 12.3 Å². The normalized spacial score (nSPS) is 18.0. The van der Waals surface area contributed by atoms with Crippen LogP contribution in [0.3, 0.4) is 0 Å². The molecule has 1 aromatic heterocycles. The first-order valence-electron chi connectivity index (χ1n) is 9.40. The Hall–Kier alpha value is -1.15. The second-order valence-electron chi connectivity index (χ2n) is 6.94. The molecular formula is C19H28FN3O2S. The van der Waals surface area contributed by atoms with Gasteiger partial charge in [0.25, 0.3) is 0 Å². The number of aliphatic hydroxyl groups is 1. The van der Waals surface area contributed by atoms with E-state index in [0.717, 1.165) is 56.6 Å². The van der Waals surface area contributed by atoms with Crippen LogP contribution in [0.4, 0.5) is 4.39 Å². The van der Waals surface area contributed by atoms with Gasteiger partial charge >= 0.3 is 0 Å². The van der Waals surface area contributed by atoms with E-state index in [1.54, 1.807) is 18.0 Å². The van der Waals surface area contributed by atoms with Crippen molar-refractivity contribution >= 4 is 22.9 Å². The smallest absolute Gasteiger partial charge is 0.170 e. The lowest BCUT2D eigenvalue weighted by Crippen LogP contribution is -2.38. The summed E-state index contributed by atoms with van der Waals surface area (Å²) in [6.45, 7) is 9.51. The first-order valence-corrected chi connectivity index (χ1v) is 10.2. The first-order chi connectivity index (χ1) is 12.6. The molecule has 2 heterocycles. The molecule has 5 nitrogen and oxygen atoms in total. The third kappa shape index (κ3) is 4.76. The van der Waals surface area contributed by atoms with Crippen LogP contribution in [0.25, 0.3) is 11.0 Å². The maximum Gasteiger partial charge on any atom is 0.170 e. The minimum Gasteiger partial charge on any atom is -0.395 e. The van der Waals surface area contributed by atoms with Crippen LogP contribution in [0.15, 0.2) is 22.7 Å². The van der Waals surface area contributed by atoms with E-state index in [-0.39, 0.29) is 17.7 Å². The quantitative estimate of drug-likeness (QED) is 0.707. The summed E-state index contributed by atoms with van der Waals surface area (Å²) in [5.41, 5.74) is 1.51. The van der Waals surface area contributed by atoms with Crippen LogP contribution in [-0.2, 0) is 0 Å². The van der Waals surface area contributed by atoms with E-state index in [0.29, 0.717) is 11.5 Å². The van der Waals surface area contributed by atoms with Gasteiger partial charge in [-0.3, -0.25) is 0 Å². The lowest BCUT2D eigenvalue weighted by Gasteiger charge is -2.33. The maximum atomic E-state index is 13.3. The Morgan fingerprint density at radius 2 is 2.19 bits per heavy atom. The second kappa shape index (κ2) is 9.17. The fraction of sp³-hybridized carbons (Fsp3) is 0.632. The molecule has 7 heteroatoms. The summed E-state index contributed by atoms with van der Waals surface area (Å²) in [7, 11) is 0. The summed E-state index contributed by atoms with van der Waals surface area (Å²) in [6, 6.07) is 4.66. The third-order valence-corrected chi connectivity index (χ3v) is 6.29. The topological polar surface area (TPSA) is 52.7 Å². The number of nitrogens with zero attached hydrogens (tertiary/aromatic N) is 3. The molecule has 0 spiro atoms. The Kier molecular flexibility index (Phi) is 6.92. The molecule has 0 aliphatic carbocycles. The van der Waals surface area contributed by atoms with E-state index in [4.69, 9.17) is 4.52 Å². The third-order valence-electron chi connectivity index (χ3n) is 5.04. The molecule has 1 atom stereocenters. The fourth-order valence-electron chi connectivity index (χ4n) is 3.48. The summed E-state index contributed by atoms with van der Waals surface area (Å²) in [4.78, 5) is 2.49. The number of rotatable bonds is 8. The molecule has 2 aromatic rings. The zero-order chi connectivity index (χ0) is 18.5. The molecule has 0 amide bonds. The van der Waals surface area contributed by atoms with E-state index < -0.39 is 0 Å². The van der Waals surface area contributed by atoms with Crippen LogP contribution in [-0.4, -0.2) is 64.0 Å². The summed E-state index contributed by atoms with van der Waals surface area (Å²) in [5.74, 6) is 0.0907. The minimum atomic E-state index is -0.288. The van der Waals surface area contributed by atoms with Gasteiger partial charge in [0.1, 0.15) is 5.82 Å². The van der Waals surface area contributed by atoms with Crippen molar-refractivity contribution in [1.29, 1.82) is 0 Å². The monoisotopic (exact) mass is 381 g/mol. The molecule has 0 radical (unpaired) electrons. The number of likely N-dealkylation sites (N-methyl/N-ethyl adjacent to an activating group) is 1. The number of benzene rings is 1. The lowest BCUT2D eigenvalue weighted by molar-refractivity contribution is 0.199. The number of halogens is 1. The van der Waals surface area contributed by atoms with E-state index in [9.17, 15) is 9.50 Å². The number of hydrogen-bond donors (Lipinski definition) is 1. The molecular weight excluding hydrogens is 353 g/mol. The molecule has 26 heavy (non-hydrogen) atoms. The van der Waals surface area contributed by atoms with Gasteiger partial charge in [-0.1, -0.05) is 24.0 Å². The Balaban J connectivity index is 1.51. The van der Waals surface area contributed by atoms with Crippen LogP contribution in [0.5, 0.6) is 0 Å². The van der Waals surface area contributed by atoms with E-state index in [1.807, 2.05) is 6.92 Å². The van der Waals surface area contributed by atoms with E-state index in [2.05, 4.69) is 21.3 Å². The highest BCUT2D eigenvalue weighted by molar-refractivity contribution is 7.97. The highest BCUT2D eigenvalue weighted by Crippen LogP contribution is 2.32. The molecule has 1 aliphatic heterocycles. The van der Waals surface area contributed by atoms with Crippen molar-refractivity contribution in [3.63, 3.8) is 0 Å². The number of aliphatic hydroxyl groups excluding tert-OH is 1. The molecule has 1 aromatic carbocycles. The molecule has 0 saturated carbocycles. The average Bonchev–Trinajstić information content (AvgIpc) is 3.08. The zero-order valence-corrected chi connectivity index (χ0v) is 16.3. The summed E-state index contributed by atoms with van der Waals surface area (Å²) in [6.07, 6.45) is 2.09. The SMILES string of the molecule is CCN(CCN1CCC(c2noc3cc(F)ccc23)CC1)SC(C)CO. The standard InChI is InChI=1S/C19H28FN3O2S/c1-3-23(26-14(2)13-24)11-10-22-8-6-15(7-9-22)19-17-5-4-16(20)12-18(17)25-21-19/h4-5,12,14-15,24H,3,6-11,13H2,1-2H3. The summed E-state index contributed by atoms with van der Waals surface area (Å²) >= 11 is 1.74. The van der Waals surface area contributed by atoms with Crippen LogP contribution in [0.2, 0.25) is 0 Å². The van der Waals surface area contributed by atoms with E-state index in [1.165, 1.54) is 12.1 Å². The highest BCUT2D eigenvalue weighted by atomic mass is 32.2. The van der Waals surface area contributed by atoms with Gasteiger partial charge in [-0.2, -0.15) is 0 Å². The van der Waals surface area contributed by atoms with Crippen molar-refractivity contribution in [3.8, 4) is 0 Å². The largest absolute Gasteiger partial charge is 0.395 e. The molecule has 1 fully saturated rings. The molecule has 0 bridgehead atoms. The molecule has 1 N–H and O–H groups in total. The van der Waals surface area contributed by atoms with Gasteiger partial charge < -0.3 is 14.5 Å². The van der Waals surface area contributed by atoms with Crippen molar-refractivity contribution in [2.45, 2.75) is 37.9 Å². The van der Waals surface area contributed by atoms with Gasteiger partial charge in [0.2, 0.25) is 0 Å². The van der Waals surface area contributed by atoms with Gasteiger partial charge in [0.15, 0.2) is 5.58 Å². The van der Waals surface area contributed by atoms with Gasteiger partial charge in [-0.15, -0.1) is 0 Å². The Bertz CT molecular complexity index is 703. The van der Waals surface area contributed by atoms with Crippen molar-refractivity contribution in [1.82, 2.24) is 14.4 Å². The molecule has 1 saturated heterocycles. The van der Waals surface area contributed by atoms with Crippen molar-refractivity contribution < 1.29 is 14.0 Å². The highest BCUT2D eigenvalue weighted by Gasteiger charge is 2.25. The zero-order valence-electron chi connectivity index (χ0n) is 15.5. The Labute approximate surface area is 158 Å². The van der Waals surface area contributed by atoms with Crippen LogP contribution in [0.1, 0.15) is 38.3 Å². The molecule has 3 rings (SSSR count). The molecule has 1 unspecified atom stereocenters. The number of aromatic nitrogens is 1.